The summed E-state index contributed by atoms with van der Waals surface area (Å²) in [5.74, 6) is -0.266. The molecule has 1 aromatic rings. The number of carbonyl (C=O) groups is 1. The fourth-order valence-electron chi connectivity index (χ4n) is 1.29. The molecule has 0 radical (unpaired) electrons. The van der Waals surface area contributed by atoms with Crippen LogP contribution in [0.1, 0.15) is 27.8 Å². The van der Waals surface area contributed by atoms with Gasteiger partial charge in [-0.2, -0.15) is 0 Å². The zero-order valence-electron chi connectivity index (χ0n) is 8.72. The smallest absolute Gasteiger partial charge is 0.348 e. The van der Waals surface area contributed by atoms with Crippen molar-refractivity contribution in [2.24, 2.45) is 0 Å². The van der Waals surface area contributed by atoms with Crippen LogP contribution in [0, 0.1) is 0 Å². The van der Waals surface area contributed by atoms with Gasteiger partial charge in [-0.05, 0) is 17.9 Å². The highest BCUT2D eigenvalue weighted by molar-refractivity contribution is 7.12. The zero-order valence-corrected chi connectivity index (χ0v) is 10.3. The van der Waals surface area contributed by atoms with Crippen molar-refractivity contribution in [2.75, 3.05) is 13.0 Å². The number of hydrogen-bond acceptors (Lipinski definition) is 5. The molecule has 1 rings (SSSR count). The van der Waals surface area contributed by atoms with Crippen LogP contribution in [-0.2, 0) is 4.74 Å². The number of alkyl halides is 1. The molecule has 2 atom stereocenters. The molecule has 0 aliphatic rings. The molecule has 0 saturated carbocycles. The Hall–Kier alpha value is -0.620. The van der Waals surface area contributed by atoms with E-state index < -0.39 is 18.2 Å². The normalized spacial score (nSPS) is 14.5. The van der Waals surface area contributed by atoms with Gasteiger partial charge in [-0.15, -0.1) is 22.9 Å². The largest absolute Gasteiger partial charge is 0.465 e. The second kappa shape index (κ2) is 6.20. The number of rotatable bonds is 5. The van der Waals surface area contributed by atoms with E-state index in [-0.39, 0.29) is 12.3 Å². The minimum absolute atomic E-state index is 0.246. The molecule has 1 heterocycles. The minimum Gasteiger partial charge on any atom is -0.465 e. The van der Waals surface area contributed by atoms with Crippen molar-refractivity contribution in [1.29, 1.82) is 0 Å². The highest BCUT2D eigenvalue weighted by Crippen LogP contribution is 2.27. The summed E-state index contributed by atoms with van der Waals surface area (Å²) in [6, 6.07) is 1.60. The van der Waals surface area contributed by atoms with Crippen molar-refractivity contribution in [1.82, 2.24) is 0 Å². The molecule has 16 heavy (non-hydrogen) atoms. The highest BCUT2D eigenvalue weighted by Gasteiger charge is 2.24. The van der Waals surface area contributed by atoms with E-state index in [1.54, 1.807) is 11.4 Å². The third-order valence-electron chi connectivity index (χ3n) is 2.15. The summed E-state index contributed by atoms with van der Waals surface area (Å²) in [5, 5.41) is 21.1. The summed E-state index contributed by atoms with van der Waals surface area (Å²) in [4.78, 5) is 11.7. The van der Waals surface area contributed by atoms with Crippen LogP contribution < -0.4 is 0 Å². The number of aliphatic hydroxyl groups excluding tert-OH is 2. The second-order valence-corrected chi connectivity index (χ2v) is 4.48. The van der Waals surface area contributed by atoms with Gasteiger partial charge in [-0.25, -0.2) is 4.79 Å². The van der Waals surface area contributed by atoms with Crippen LogP contribution in [0.15, 0.2) is 11.4 Å². The van der Waals surface area contributed by atoms with Gasteiger partial charge in [0.05, 0.1) is 13.2 Å². The summed E-state index contributed by atoms with van der Waals surface area (Å²) in [6.07, 6.45) is -1.83. The van der Waals surface area contributed by atoms with Crippen molar-refractivity contribution in [3.63, 3.8) is 0 Å². The summed E-state index contributed by atoms with van der Waals surface area (Å²) in [7, 11) is 1.27. The van der Waals surface area contributed by atoms with Crippen LogP contribution in [0.25, 0.3) is 0 Å². The van der Waals surface area contributed by atoms with E-state index >= 15 is 0 Å². The zero-order chi connectivity index (χ0) is 12.1. The van der Waals surface area contributed by atoms with Gasteiger partial charge in [0.15, 0.2) is 0 Å². The lowest BCUT2D eigenvalue weighted by Gasteiger charge is -2.16. The average molecular weight is 265 g/mol. The predicted molar refractivity (Wildman–Crippen MR) is 62.0 cm³/mol. The van der Waals surface area contributed by atoms with E-state index in [0.29, 0.717) is 10.4 Å². The van der Waals surface area contributed by atoms with Crippen LogP contribution in [0.2, 0.25) is 0 Å². The molecule has 90 valence electrons. The Balaban J connectivity index is 2.87. The van der Waals surface area contributed by atoms with Gasteiger partial charge in [0.2, 0.25) is 0 Å². The Labute approximate surface area is 102 Å². The Kier molecular flexibility index (Phi) is 5.21. The summed E-state index contributed by atoms with van der Waals surface area (Å²) >= 11 is 6.64. The molecular weight excluding hydrogens is 252 g/mol. The lowest BCUT2D eigenvalue weighted by atomic mass is 10.0. The van der Waals surface area contributed by atoms with Crippen molar-refractivity contribution in [3.8, 4) is 0 Å². The highest BCUT2D eigenvalue weighted by atomic mass is 35.5. The van der Waals surface area contributed by atoms with Crippen molar-refractivity contribution in [2.45, 2.75) is 18.6 Å². The molecule has 0 aromatic carbocycles. The SMILES string of the molecule is COC(=O)c1sccc1C(O)C(O)CCCl. The number of carbonyl (C=O) groups excluding carboxylic acids is 1. The molecule has 6 heteroatoms. The molecular formula is C10H13ClO4S. The quantitative estimate of drug-likeness (QED) is 0.626. The molecule has 0 bridgehead atoms. The Morgan fingerprint density at radius 2 is 2.31 bits per heavy atom. The molecule has 2 N–H and O–H groups in total. The number of hydrogen-bond donors (Lipinski definition) is 2. The molecule has 0 fully saturated rings. The third-order valence-corrected chi connectivity index (χ3v) is 3.28. The lowest BCUT2D eigenvalue weighted by Crippen LogP contribution is -2.20. The fourth-order valence-corrected chi connectivity index (χ4v) is 2.37. The first-order valence-corrected chi connectivity index (χ1v) is 6.11. The first-order chi connectivity index (χ1) is 7.61. The van der Waals surface area contributed by atoms with Gasteiger partial charge >= 0.3 is 5.97 Å². The summed E-state index contributed by atoms with van der Waals surface area (Å²) < 4.78 is 4.58. The predicted octanol–water partition coefficient (Wildman–Crippen LogP) is 1.56. The summed E-state index contributed by atoms with van der Waals surface area (Å²) in [5.41, 5.74) is 0.384. The molecule has 4 nitrogen and oxygen atoms in total. The van der Waals surface area contributed by atoms with Crippen LogP contribution in [0.5, 0.6) is 0 Å². The maximum Gasteiger partial charge on any atom is 0.348 e. The van der Waals surface area contributed by atoms with Crippen LogP contribution in [0.4, 0.5) is 0 Å². The number of ether oxygens (including phenoxy) is 1. The van der Waals surface area contributed by atoms with E-state index in [0.717, 1.165) is 0 Å². The van der Waals surface area contributed by atoms with Gasteiger partial charge in [-0.3, -0.25) is 0 Å². The summed E-state index contributed by atoms with van der Waals surface area (Å²) in [6.45, 7) is 0. The van der Waals surface area contributed by atoms with Crippen molar-refractivity contribution >= 4 is 28.9 Å². The molecule has 0 spiro atoms. The van der Waals surface area contributed by atoms with Gasteiger partial charge in [0.25, 0.3) is 0 Å². The van der Waals surface area contributed by atoms with Gasteiger partial charge in [-0.1, -0.05) is 0 Å². The third kappa shape index (κ3) is 2.95. The molecule has 0 aliphatic heterocycles. The lowest BCUT2D eigenvalue weighted by molar-refractivity contribution is 0.0161. The van der Waals surface area contributed by atoms with E-state index in [1.807, 2.05) is 0 Å². The molecule has 0 amide bonds. The maximum atomic E-state index is 11.3. The molecule has 0 saturated heterocycles. The van der Waals surface area contributed by atoms with Gasteiger partial charge < -0.3 is 14.9 Å². The second-order valence-electron chi connectivity index (χ2n) is 3.19. The topological polar surface area (TPSA) is 66.8 Å². The molecule has 1 aromatic heterocycles. The van der Waals surface area contributed by atoms with E-state index in [4.69, 9.17) is 11.6 Å². The van der Waals surface area contributed by atoms with Gasteiger partial charge in [0, 0.05) is 11.4 Å². The number of halogens is 1. The van der Waals surface area contributed by atoms with Crippen LogP contribution >= 0.6 is 22.9 Å². The van der Waals surface area contributed by atoms with Crippen molar-refractivity contribution in [3.05, 3.63) is 21.9 Å². The Morgan fingerprint density at radius 3 is 2.88 bits per heavy atom. The number of thiophene rings is 1. The van der Waals surface area contributed by atoms with Gasteiger partial charge in [0.1, 0.15) is 11.0 Å². The minimum atomic E-state index is -1.11. The monoisotopic (exact) mass is 264 g/mol. The fraction of sp³-hybridized carbons (Fsp3) is 0.500. The van der Waals surface area contributed by atoms with E-state index in [2.05, 4.69) is 4.74 Å². The Bertz CT molecular complexity index is 352. The maximum absolute atomic E-state index is 11.3. The first-order valence-electron chi connectivity index (χ1n) is 4.69. The van der Waals surface area contributed by atoms with Crippen LogP contribution in [-0.4, -0.2) is 35.3 Å². The van der Waals surface area contributed by atoms with E-state index in [1.165, 1.54) is 18.4 Å². The van der Waals surface area contributed by atoms with E-state index in [9.17, 15) is 15.0 Å². The standard InChI is InChI=1S/C10H13ClO4S/c1-15-10(14)9-6(3-5-16-9)8(13)7(12)2-4-11/h3,5,7-8,12-13H,2,4H2,1H3. The number of methoxy groups -OCH3 is 1. The Morgan fingerprint density at radius 1 is 1.62 bits per heavy atom. The molecule has 2 unspecified atom stereocenters. The van der Waals surface area contributed by atoms with Crippen molar-refractivity contribution < 1.29 is 19.7 Å². The number of aliphatic hydroxyl groups is 2. The molecule has 0 aliphatic carbocycles. The van der Waals surface area contributed by atoms with Crippen LogP contribution in [0.3, 0.4) is 0 Å². The first kappa shape index (κ1) is 13.4. The number of esters is 1. The average Bonchev–Trinajstić information content (AvgIpc) is 2.76.